The van der Waals surface area contributed by atoms with E-state index >= 15 is 0 Å². The SMILES string of the molecule is CC(C)NCCCN(CCO)C1CCCC1. The van der Waals surface area contributed by atoms with Gasteiger partial charge in [-0.3, -0.25) is 4.90 Å². The van der Waals surface area contributed by atoms with E-state index in [2.05, 4.69) is 24.1 Å². The van der Waals surface area contributed by atoms with E-state index < -0.39 is 0 Å². The van der Waals surface area contributed by atoms with Crippen LogP contribution in [0.25, 0.3) is 0 Å². The second kappa shape index (κ2) is 8.04. The zero-order chi connectivity index (χ0) is 11.8. The Balaban J connectivity index is 2.17. The molecule has 1 rings (SSSR count). The zero-order valence-corrected chi connectivity index (χ0v) is 10.9. The van der Waals surface area contributed by atoms with Crippen LogP contribution in [0.4, 0.5) is 0 Å². The summed E-state index contributed by atoms with van der Waals surface area (Å²) in [7, 11) is 0. The largest absolute Gasteiger partial charge is 0.395 e. The number of rotatable bonds is 8. The molecule has 0 aliphatic heterocycles. The van der Waals surface area contributed by atoms with Crippen molar-refractivity contribution < 1.29 is 5.11 Å². The van der Waals surface area contributed by atoms with Crippen LogP contribution in [0.1, 0.15) is 46.0 Å². The Morgan fingerprint density at radius 2 is 1.94 bits per heavy atom. The average Bonchev–Trinajstić information content (AvgIpc) is 2.75. The number of nitrogens with zero attached hydrogens (tertiary/aromatic N) is 1. The van der Waals surface area contributed by atoms with Crippen molar-refractivity contribution in [3.63, 3.8) is 0 Å². The van der Waals surface area contributed by atoms with Gasteiger partial charge in [0.05, 0.1) is 6.61 Å². The first-order valence-electron chi connectivity index (χ1n) is 6.82. The minimum absolute atomic E-state index is 0.300. The van der Waals surface area contributed by atoms with Crippen LogP contribution in [-0.2, 0) is 0 Å². The molecule has 96 valence electrons. The minimum Gasteiger partial charge on any atom is -0.395 e. The van der Waals surface area contributed by atoms with E-state index in [1.807, 2.05) is 0 Å². The maximum absolute atomic E-state index is 9.08. The standard InChI is InChI=1S/C13H28N2O/c1-12(2)14-8-5-9-15(10-11-16)13-6-3-4-7-13/h12-14,16H,3-11H2,1-2H3. The molecule has 0 aromatic rings. The Labute approximate surface area is 100 Å². The Morgan fingerprint density at radius 3 is 2.50 bits per heavy atom. The predicted octanol–water partition coefficient (Wildman–Crippen LogP) is 1.61. The number of aliphatic hydroxyl groups is 1. The van der Waals surface area contributed by atoms with Crippen molar-refractivity contribution in [3.8, 4) is 0 Å². The summed E-state index contributed by atoms with van der Waals surface area (Å²) in [6, 6.07) is 1.32. The quantitative estimate of drug-likeness (QED) is 0.620. The molecule has 0 saturated heterocycles. The van der Waals surface area contributed by atoms with Gasteiger partial charge in [0.15, 0.2) is 0 Å². The van der Waals surface area contributed by atoms with Crippen LogP contribution >= 0.6 is 0 Å². The molecule has 0 aromatic heterocycles. The highest BCUT2D eigenvalue weighted by Crippen LogP contribution is 2.23. The van der Waals surface area contributed by atoms with Crippen molar-refractivity contribution in [1.82, 2.24) is 10.2 Å². The molecule has 1 saturated carbocycles. The Hall–Kier alpha value is -0.120. The van der Waals surface area contributed by atoms with Crippen molar-refractivity contribution in [2.45, 2.75) is 58.0 Å². The number of hydrogen-bond donors (Lipinski definition) is 2. The lowest BCUT2D eigenvalue weighted by Gasteiger charge is -2.28. The summed E-state index contributed by atoms with van der Waals surface area (Å²) in [6.45, 7) is 7.74. The maximum Gasteiger partial charge on any atom is 0.0558 e. The van der Waals surface area contributed by atoms with Crippen molar-refractivity contribution in [3.05, 3.63) is 0 Å². The molecule has 1 aliphatic rings. The third-order valence-electron chi connectivity index (χ3n) is 3.40. The second-order valence-electron chi connectivity index (χ2n) is 5.16. The molecule has 1 fully saturated rings. The van der Waals surface area contributed by atoms with E-state index in [0.717, 1.165) is 25.7 Å². The molecule has 0 atom stereocenters. The van der Waals surface area contributed by atoms with Crippen molar-refractivity contribution in [2.24, 2.45) is 0 Å². The van der Waals surface area contributed by atoms with Gasteiger partial charge < -0.3 is 10.4 Å². The fourth-order valence-corrected chi connectivity index (χ4v) is 2.55. The molecule has 1 aliphatic carbocycles. The van der Waals surface area contributed by atoms with Gasteiger partial charge in [-0.2, -0.15) is 0 Å². The third kappa shape index (κ3) is 5.28. The molecule has 2 N–H and O–H groups in total. The summed E-state index contributed by atoms with van der Waals surface area (Å²) in [5.74, 6) is 0. The van der Waals surface area contributed by atoms with E-state index in [4.69, 9.17) is 5.11 Å². The number of aliphatic hydroxyl groups excluding tert-OH is 1. The maximum atomic E-state index is 9.08. The van der Waals surface area contributed by atoms with Gasteiger partial charge in [-0.05, 0) is 32.4 Å². The van der Waals surface area contributed by atoms with Gasteiger partial charge in [-0.15, -0.1) is 0 Å². The molecule has 0 bridgehead atoms. The third-order valence-corrected chi connectivity index (χ3v) is 3.40. The van der Waals surface area contributed by atoms with E-state index in [1.165, 1.54) is 32.1 Å². The highest BCUT2D eigenvalue weighted by Gasteiger charge is 2.21. The van der Waals surface area contributed by atoms with Gasteiger partial charge in [0.25, 0.3) is 0 Å². The van der Waals surface area contributed by atoms with Crippen LogP contribution in [-0.4, -0.2) is 48.3 Å². The molecule has 3 nitrogen and oxygen atoms in total. The zero-order valence-electron chi connectivity index (χ0n) is 10.9. The lowest BCUT2D eigenvalue weighted by atomic mass is 10.2. The molecule has 0 radical (unpaired) electrons. The molecule has 0 heterocycles. The highest BCUT2D eigenvalue weighted by atomic mass is 16.3. The first-order valence-corrected chi connectivity index (χ1v) is 6.82. The molecule has 0 amide bonds. The summed E-state index contributed by atoms with van der Waals surface area (Å²) in [4.78, 5) is 2.48. The van der Waals surface area contributed by atoms with Crippen molar-refractivity contribution >= 4 is 0 Å². The Morgan fingerprint density at radius 1 is 1.25 bits per heavy atom. The fraction of sp³-hybridized carbons (Fsp3) is 1.00. The lowest BCUT2D eigenvalue weighted by molar-refractivity contribution is 0.150. The molecular weight excluding hydrogens is 200 g/mol. The van der Waals surface area contributed by atoms with Gasteiger partial charge >= 0.3 is 0 Å². The molecular formula is C13H28N2O. The van der Waals surface area contributed by atoms with Crippen LogP contribution in [0.5, 0.6) is 0 Å². The minimum atomic E-state index is 0.300. The van der Waals surface area contributed by atoms with Crippen LogP contribution in [0.2, 0.25) is 0 Å². The van der Waals surface area contributed by atoms with Gasteiger partial charge in [-0.25, -0.2) is 0 Å². The van der Waals surface area contributed by atoms with Gasteiger partial charge in [0.1, 0.15) is 0 Å². The smallest absolute Gasteiger partial charge is 0.0558 e. The normalized spacial score (nSPS) is 17.8. The van der Waals surface area contributed by atoms with Gasteiger partial charge in [0, 0.05) is 18.6 Å². The van der Waals surface area contributed by atoms with Crippen LogP contribution in [0, 0.1) is 0 Å². The van der Waals surface area contributed by atoms with Gasteiger partial charge in [0.2, 0.25) is 0 Å². The summed E-state index contributed by atoms with van der Waals surface area (Å²) in [5.41, 5.74) is 0. The lowest BCUT2D eigenvalue weighted by Crippen LogP contribution is -2.38. The topological polar surface area (TPSA) is 35.5 Å². The first kappa shape index (κ1) is 13.9. The first-order chi connectivity index (χ1) is 7.74. The Bertz CT molecular complexity index is 167. The van der Waals surface area contributed by atoms with Gasteiger partial charge in [-0.1, -0.05) is 26.7 Å². The van der Waals surface area contributed by atoms with Crippen molar-refractivity contribution in [1.29, 1.82) is 0 Å². The molecule has 0 unspecified atom stereocenters. The summed E-state index contributed by atoms with van der Waals surface area (Å²) < 4.78 is 0. The summed E-state index contributed by atoms with van der Waals surface area (Å²) >= 11 is 0. The van der Waals surface area contributed by atoms with E-state index in [0.29, 0.717) is 12.6 Å². The predicted molar refractivity (Wildman–Crippen MR) is 68.7 cm³/mol. The van der Waals surface area contributed by atoms with Crippen molar-refractivity contribution in [2.75, 3.05) is 26.2 Å². The fourth-order valence-electron chi connectivity index (χ4n) is 2.55. The van der Waals surface area contributed by atoms with E-state index in [-0.39, 0.29) is 0 Å². The summed E-state index contributed by atoms with van der Waals surface area (Å²) in [5, 5.41) is 12.5. The molecule has 16 heavy (non-hydrogen) atoms. The van der Waals surface area contributed by atoms with Crippen LogP contribution < -0.4 is 5.32 Å². The van der Waals surface area contributed by atoms with Crippen LogP contribution in [0.15, 0.2) is 0 Å². The molecule has 3 heteroatoms. The monoisotopic (exact) mass is 228 g/mol. The highest BCUT2D eigenvalue weighted by molar-refractivity contribution is 4.77. The summed E-state index contributed by atoms with van der Waals surface area (Å²) in [6.07, 6.45) is 6.59. The average molecular weight is 228 g/mol. The van der Waals surface area contributed by atoms with E-state index in [9.17, 15) is 0 Å². The number of hydrogen-bond acceptors (Lipinski definition) is 3. The van der Waals surface area contributed by atoms with Crippen LogP contribution in [0.3, 0.4) is 0 Å². The van der Waals surface area contributed by atoms with E-state index in [1.54, 1.807) is 0 Å². The molecule has 0 aromatic carbocycles. The Kier molecular flexibility index (Phi) is 7.01. The molecule has 0 spiro atoms. The number of nitrogens with one attached hydrogen (secondary N) is 1. The second-order valence-corrected chi connectivity index (χ2v) is 5.16.